The lowest BCUT2D eigenvalue weighted by molar-refractivity contribution is -0.153. The van der Waals surface area contributed by atoms with Crippen LogP contribution in [0.25, 0.3) is 0 Å². The molecule has 1 aromatic rings. The normalized spacial score (nSPS) is 35.2. The van der Waals surface area contributed by atoms with Crippen molar-refractivity contribution in [2.45, 2.75) is 57.0 Å². The number of amides is 2. The van der Waals surface area contributed by atoms with Gasteiger partial charge < -0.3 is 19.4 Å². The summed E-state index contributed by atoms with van der Waals surface area (Å²) in [5.41, 5.74) is -0.0819. The van der Waals surface area contributed by atoms with E-state index >= 15 is 0 Å². The number of hydrogen-bond acceptors (Lipinski definition) is 5. The first-order valence-electron chi connectivity index (χ1n) is 10.8. The van der Waals surface area contributed by atoms with Crippen molar-refractivity contribution in [1.29, 1.82) is 0 Å². The molecule has 0 radical (unpaired) electrons. The third-order valence-corrected chi connectivity index (χ3v) is 7.26. The Morgan fingerprint density at radius 3 is 2.48 bits per heavy atom. The van der Waals surface area contributed by atoms with Crippen LogP contribution in [0.2, 0.25) is 0 Å². The van der Waals surface area contributed by atoms with Crippen LogP contribution in [0.1, 0.15) is 50.7 Å². The molecule has 2 heterocycles. The monoisotopic (exact) mass is 400 g/mol. The molecule has 4 saturated carbocycles. The van der Waals surface area contributed by atoms with E-state index in [2.05, 4.69) is 5.32 Å². The Balaban J connectivity index is 1.10. The lowest BCUT2D eigenvalue weighted by Crippen LogP contribution is -2.60. The summed E-state index contributed by atoms with van der Waals surface area (Å²) in [6.07, 6.45) is 8.82. The topological polar surface area (TPSA) is 88.9 Å². The van der Waals surface area contributed by atoms with Gasteiger partial charge in [-0.3, -0.25) is 14.4 Å². The minimum atomic E-state index is -0.523. The third-order valence-electron chi connectivity index (χ3n) is 7.26. The molecule has 29 heavy (non-hydrogen) atoms. The van der Waals surface area contributed by atoms with Gasteiger partial charge in [-0.25, -0.2) is 0 Å². The smallest absolute Gasteiger partial charge is 0.311 e. The first-order chi connectivity index (χ1) is 14.0. The van der Waals surface area contributed by atoms with E-state index in [0.29, 0.717) is 18.8 Å². The van der Waals surface area contributed by atoms with Crippen molar-refractivity contribution in [3.8, 4) is 0 Å². The molecular formula is C22H28N2O5. The zero-order valence-corrected chi connectivity index (χ0v) is 16.6. The average molecular weight is 400 g/mol. The molecule has 7 heteroatoms. The predicted molar refractivity (Wildman–Crippen MR) is 102 cm³/mol. The van der Waals surface area contributed by atoms with E-state index in [-0.39, 0.29) is 30.4 Å². The van der Waals surface area contributed by atoms with E-state index < -0.39 is 11.9 Å². The molecule has 156 valence electrons. The van der Waals surface area contributed by atoms with Crippen molar-refractivity contribution >= 4 is 17.8 Å². The van der Waals surface area contributed by atoms with Gasteiger partial charge in [0.1, 0.15) is 5.76 Å². The highest BCUT2D eigenvalue weighted by atomic mass is 16.5. The quantitative estimate of drug-likeness (QED) is 0.740. The molecule has 6 rings (SSSR count). The average Bonchev–Trinajstić information content (AvgIpc) is 3.29. The second-order valence-electron chi connectivity index (χ2n) is 9.61. The summed E-state index contributed by atoms with van der Waals surface area (Å²) < 4.78 is 10.6. The Bertz CT molecular complexity index is 767. The van der Waals surface area contributed by atoms with Crippen LogP contribution >= 0.6 is 0 Å². The Hall–Kier alpha value is -2.31. The molecule has 5 fully saturated rings. The Kier molecular flexibility index (Phi) is 4.63. The maximum Gasteiger partial charge on any atom is 0.311 e. The van der Waals surface area contributed by atoms with Gasteiger partial charge in [0.05, 0.1) is 18.7 Å². The van der Waals surface area contributed by atoms with Crippen LogP contribution < -0.4 is 5.32 Å². The van der Waals surface area contributed by atoms with Gasteiger partial charge in [0.2, 0.25) is 5.91 Å². The van der Waals surface area contributed by atoms with E-state index in [4.69, 9.17) is 9.15 Å². The lowest BCUT2D eigenvalue weighted by Gasteiger charge is -2.56. The number of ether oxygens (including phenoxy) is 1. The molecule has 7 nitrogen and oxygen atoms in total. The molecule has 1 atom stereocenters. The van der Waals surface area contributed by atoms with Crippen LogP contribution in [0.15, 0.2) is 22.8 Å². The van der Waals surface area contributed by atoms with Crippen LogP contribution in [-0.2, 0) is 25.7 Å². The second kappa shape index (κ2) is 7.18. The van der Waals surface area contributed by atoms with Gasteiger partial charge in [0, 0.05) is 18.5 Å². The molecule has 1 aromatic heterocycles. The number of likely N-dealkylation sites (tertiary alicyclic amines) is 1. The van der Waals surface area contributed by atoms with E-state index in [9.17, 15) is 14.4 Å². The third kappa shape index (κ3) is 3.79. The lowest BCUT2D eigenvalue weighted by atomic mass is 9.53. The number of hydrogen-bond donors (Lipinski definition) is 1. The largest absolute Gasteiger partial charge is 0.467 e. The highest BCUT2D eigenvalue weighted by Gasteiger charge is 2.51. The first-order valence-corrected chi connectivity index (χ1v) is 10.8. The second-order valence-corrected chi connectivity index (χ2v) is 9.61. The number of nitrogens with zero attached hydrogens (tertiary/aromatic N) is 1. The highest BCUT2D eigenvalue weighted by molar-refractivity contribution is 5.88. The van der Waals surface area contributed by atoms with E-state index in [1.807, 2.05) is 0 Å². The standard InChI is InChI=1S/C22H28N2O5/c25-19(23-22-8-14-4-15(9-22)6-16(5-14)10-22)13-29-21(27)17-7-20(26)24(11-17)12-18-2-1-3-28-18/h1-3,14-17H,4-13H2,(H,23,25)/t14?,15?,16?,17-,22?/m1/s1. The summed E-state index contributed by atoms with van der Waals surface area (Å²) in [4.78, 5) is 38.7. The van der Waals surface area contributed by atoms with Gasteiger partial charge in [-0.1, -0.05) is 0 Å². The van der Waals surface area contributed by atoms with Crippen molar-refractivity contribution in [2.75, 3.05) is 13.2 Å². The van der Waals surface area contributed by atoms with Crippen molar-refractivity contribution in [2.24, 2.45) is 23.7 Å². The summed E-state index contributed by atoms with van der Waals surface area (Å²) in [6, 6.07) is 3.57. The van der Waals surface area contributed by atoms with Crippen molar-refractivity contribution in [3.63, 3.8) is 0 Å². The van der Waals surface area contributed by atoms with E-state index in [1.54, 1.807) is 23.3 Å². The number of carbonyl (C=O) groups is 3. The molecule has 2 amide bonds. The van der Waals surface area contributed by atoms with E-state index in [1.165, 1.54) is 19.3 Å². The van der Waals surface area contributed by atoms with Crippen molar-refractivity contribution in [3.05, 3.63) is 24.2 Å². The van der Waals surface area contributed by atoms with Gasteiger partial charge in [0.15, 0.2) is 6.61 Å². The number of nitrogens with one attached hydrogen (secondary N) is 1. The molecule has 4 bridgehead atoms. The molecular weight excluding hydrogens is 372 g/mol. The molecule has 1 N–H and O–H groups in total. The van der Waals surface area contributed by atoms with Crippen LogP contribution in [0.4, 0.5) is 0 Å². The molecule has 0 spiro atoms. The predicted octanol–water partition coefficient (Wildman–Crippen LogP) is 2.26. The number of furan rings is 1. The van der Waals surface area contributed by atoms with Crippen LogP contribution in [0, 0.1) is 23.7 Å². The summed E-state index contributed by atoms with van der Waals surface area (Å²) in [5, 5.41) is 3.21. The molecule has 5 aliphatic rings. The molecule has 0 aromatic carbocycles. The van der Waals surface area contributed by atoms with Crippen LogP contribution in [0.5, 0.6) is 0 Å². The van der Waals surface area contributed by atoms with Gasteiger partial charge in [0.25, 0.3) is 5.91 Å². The Morgan fingerprint density at radius 2 is 1.86 bits per heavy atom. The van der Waals surface area contributed by atoms with Crippen molar-refractivity contribution < 1.29 is 23.5 Å². The molecule has 4 aliphatic carbocycles. The van der Waals surface area contributed by atoms with E-state index in [0.717, 1.165) is 37.0 Å². The van der Waals surface area contributed by atoms with Gasteiger partial charge in [-0.05, 0) is 68.4 Å². The number of esters is 1. The SMILES string of the molecule is O=C(COC(=O)[C@@H]1CC(=O)N(Cc2ccco2)C1)NC12CC3CC(CC(C3)C1)C2. The highest BCUT2D eigenvalue weighted by Crippen LogP contribution is 2.55. The Morgan fingerprint density at radius 1 is 1.17 bits per heavy atom. The minimum absolute atomic E-state index is 0.0819. The maximum absolute atomic E-state index is 12.5. The fourth-order valence-electron chi connectivity index (χ4n) is 6.52. The van der Waals surface area contributed by atoms with Crippen LogP contribution in [-0.4, -0.2) is 41.4 Å². The summed E-state index contributed by atoms with van der Waals surface area (Å²) in [7, 11) is 0. The number of rotatable bonds is 6. The van der Waals surface area contributed by atoms with Crippen LogP contribution in [0.3, 0.4) is 0 Å². The van der Waals surface area contributed by atoms with Gasteiger partial charge in [-0.15, -0.1) is 0 Å². The minimum Gasteiger partial charge on any atom is -0.467 e. The van der Waals surface area contributed by atoms with Crippen molar-refractivity contribution in [1.82, 2.24) is 10.2 Å². The fourth-order valence-corrected chi connectivity index (χ4v) is 6.52. The van der Waals surface area contributed by atoms with Gasteiger partial charge >= 0.3 is 5.97 Å². The first kappa shape index (κ1) is 18.7. The summed E-state index contributed by atoms with van der Waals surface area (Å²) in [5.74, 6) is 1.61. The molecule has 1 saturated heterocycles. The zero-order chi connectivity index (χ0) is 20.0. The maximum atomic E-state index is 12.5. The zero-order valence-electron chi connectivity index (χ0n) is 16.6. The fraction of sp³-hybridized carbons (Fsp3) is 0.682. The van der Waals surface area contributed by atoms with Gasteiger partial charge in [-0.2, -0.15) is 0 Å². The summed E-state index contributed by atoms with van der Waals surface area (Å²) >= 11 is 0. The summed E-state index contributed by atoms with van der Waals surface area (Å²) in [6.45, 7) is 0.389. The Labute approximate surface area is 170 Å². The molecule has 1 aliphatic heterocycles. The number of carbonyl (C=O) groups excluding carboxylic acids is 3. The molecule has 0 unspecified atom stereocenters.